The van der Waals surface area contributed by atoms with E-state index >= 15 is 0 Å². The van der Waals surface area contributed by atoms with Gasteiger partial charge in [-0.05, 0) is 49.6 Å². The number of hydrogen-bond acceptors (Lipinski definition) is 4. The Balaban J connectivity index is 1.55. The van der Waals surface area contributed by atoms with E-state index in [1.165, 1.54) is 16.5 Å². The first-order chi connectivity index (χ1) is 13.1. The van der Waals surface area contributed by atoms with Crippen molar-refractivity contribution in [3.8, 4) is 5.75 Å². The summed E-state index contributed by atoms with van der Waals surface area (Å²) in [5, 5.41) is 3.46. The van der Waals surface area contributed by atoms with Crippen molar-refractivity contribution >= 4 is 16.8 Å². The van der Waals surface area contributed by atoms with E-state index in [1.807, 2.05) is 37.3 Å². The van der Waals surface area contributed by atoms with E-state index in [2.05, 4.69) is 10.3 Å². The summed E-state index contributed by atoms with van der Waals surface area (Å²) in [5.74, 6) is 0.631. The van der Waals surface area contributed by atoms with Crippen LogP contribution in [-0.2, 0) is 17.8 Å². The summed E-state index contributed by atoms with van der Waals surface area (Å²) < 4.78 is 6.49. The average molecular weight is 365 g/mol. The summed E-state index contributed by atoms with van der Waals surface area (Å²) in [6.45, 7) is 1.92. The molecule has 0 fully saturated rings. The number of benzene rings is 2. The molecule has 0 radical (unpaired) electrons. The Hall–Kier alpha value is -3.15. The normalized spacial score (nSPS) is 11.9. The SMILES string of the molecule is COc1ccc(CCC(C)NC(=O)Cn2cnc3ccccc3c2=O)cc1. The molecule has 1 N–H and O–H groups in total. The molecule has 140 valence electrons. The van der Waals surface area contributed by atoms with Crippen molar-refractivity contribution in [2.45, 2.75) is 32.4 Å². The van der Waals surface area contributed by atoms with Crippen LogP contribution in [0.4, 0.5) is 0 Å². The Morgan fingerprint density at radius 2 is 1.93 bits per heavy atom. The maximum Gasteiger partial charge on any atom is 0.261 e. The van der Waals surface area contributed by atoms with Gasteiger partial charge >= 0.3 is 0 Å². The van der Waals surface area contributed by atoms with Crippen molar-refractivity contribution in [2.24, 2.45) is 0 Å². The number of carbonyl (C=O) groups excluding carboxylic acids is 1. The van der Waals surface area contributed by atoms with Crippen molar-refractivity contribution in [1.29, 1.82) is 0 Å². The van der Waals surface area contributed by atoms with Gasteiger partial charge in [0.15, 0.2) is 0 Å². The van der Waals surface area contributed by atoms with Gasteiger partial charge in [0.2, 0.25) is 5.91 Å². The lowest BCUT2D eigenvalue weighted by Crippen LogP contribution is -2.37. The van der Waals surface area contributed by atoms with E-state index in [9.17, 15) is 9.59 Å². The minimum absolute atomic E-state index is 0.00344. The lowest BCUT2D eigenvalue weighted by molar-refractivity contribution is -0.122. The number of amides is 1. The third-order valence-corrected chi connectivity index (χ3v) is 4.48. The molecule has 0 saturated heterocycles. The van der Waals surface area contributed by atoms with Crippen LogP contribution in [0.2, 0.25) is 0 Å². The fourth-order valence-corrected chi connectivity index (χ4v) is 2.94. The van der Waals surface area contributed by atoms with Gasteiger partial charge in [0.1, 0.15) is 12.3 Å². The second-order valence-corrected chi connectivity index (χ2v) is 6.55. The maximum absolute atomic E-state index is 12.4. The predicted molar refractivity (Wildman–Crippen MR) is 105 cm³/mol. The molecule has 6 heteroatoms. The number of methoxy groups -OCH3 is 1. The number of carbonyl (C=O) groups is 1. The number of aryl methyl sites for hydroxylation is 1. The summed E-state index contributed by atoms with van der Waals surface area (Å²) >= 11 is 0. The molecule has 3 rings (SSSR count). The largest absolute Gasteiger partial charge is 0.497 e. The van der Waals surface area contributed by atoms with E-state index in [0.29, 0.717) is 10.9 Å². The third kappa shape index (κ3) is 4.73. The number of para-hydroxylation sites is 1. The number of rotatable bonds is 7. The highest BCUT2D eigenvalue weighted by Gasteiger charge is 2.11. The molecule has 1 atom stereocenters. The first kappa shape index (κ1) is 18.6. The molecular weight excluding hydrogens is 342 g/mol. The number of fused-ring (bicyclic) bond motifs is 1. The number of aromatic nitrogens is 2. The van der Waals surface area contributed by atoms with Crippen molar-refractivity contribution < 1.29 is 9.53 Å². The Labute approximate surface area is 157 Å². The molecule has 1 aromatic heterocycles. The molecule has 0 bridgehead atoms. The Kier molecular flexibility index (Phi) is 5.86. The van der Waals surface area contributed by atoms with Crippen LogP contribution < -0.4 is 15.6 Å². The molecule has 1 unspecified atom stereocenters. The van der Waals surface area contributed by atoms with Crippen LogP contribution in [0.1, 0.15) is 18.9 Å². The van der Waals surface area contributed by atoms with Gasteiger partial charge in [0.05, 0.1) is 24.3 Å². The first-order valence-electron chi connectivity index (χ1n) is 8.93. The fraction of sp³-hybridized carbons (Fsp3) is 0.286. The highest BCUT2D eigenvalue weighted by molar-refractivity contribution is 5.78. The van der Waals surface area contributed by atoms with Gasteiger partial charge in [0, 0.05) is 6.04 Å². The predicted octanol–water partition coefficient (Wildman–Crippen LogP) is 2.54. The van der Waals surface area contributed by atoms with Crippen LogP contribution in [-0.4, -0.2) is 28.6 Å². The van der Waals surface area contributed by atoms with Crippen molar-refractivity contribution in [2.75, 3.05) is 7.11 Å². The van der Waals surface area contributed by atoms with Crippen LogP contribution in [0.25, 0.3) is 10.9 Å². The summed E-state index contributed by atoms with van der Waals surface area (Å²) in [6, 6.07) is 15.0. The highest BCUT2D eigenvalue weighted by Crippen LogP contribution is 2.13. The van der Waals surface area contributed by atoms with E-state index in [0.717, 1.165) is 18.6 Å². The van der Waals surface area contributed by atoms with Gasteiger partial charge in [-0.3, -0.25) is 14.2 Å². The van der Waals surface area contributed by atoms with Crippen LogP contribution in [0.15, 0.2) is 59.7 Å². The van der Waals surface area contributed by atoms with Crippen LogP contribution in [0.3, 0.4) is 0 Å². The fourth-order valence-electron chi connectivity index (χ4n) is 2.94. The molecule has 0 aliphatic rings. The van der Waals surface area contributed by atoms with Gasteiger partial charge in [-0.1, -0.05) is 24.3 Å². The molecule has 3 aromatic rings. The van der Waals surface area contributed by atoms with Crippen molar-refractivity contribution in [3.63, 3.8) is 0 Å². The standard InChI is InChI=1S/C21H23N3O3/c1-15(7-8-16-9-11-17(27-2)12-10-16)23-20(25)13-24-14-22-19-6-4-3-5-18(19)21(24)26/h3-6,9-12,14-15H,7-8,13H2,1-2H3,(H,23,25). The van der Waals surface area contributed by atoms with Gasteiger partial charge in [-0.15, -0.1) is 0 Å². The van der Waals surface area contributed by atoms with E-state index < -0.39 is 0 Å². The molecule has 0 spiro atoms. The van der Waals surface area contributed by atoms with Gasteiger partial charge in [0.25, 0.3) is 5.56 Å². The minimum Gasteiger partial charge on any atom is -0.497 e. The number of nitrogens with zero attached hydrogens (tertiary/aromatic N) is 2. The molecule has 1 heterocycles. The maximum atomic E-state index is 12.4. The summed E-state index contributed by atoms with van der Waals surface area (Å²) in [7, 11) is 1.64. The van der Waals surface area contributed by atoms with E-state index in [-0.39, 0.29) is 24.1 Å². The zero-order valence-corrected chi connectivity index (χ0v) is 15.5. The lowest BCUT2D eigenvalue weighted by atomic mass is 10.1. The molecule has 0 aliphatic carbocycles. The topological polar surface area (TPSA) is 73.2 Å². The third-order valence-electron chi connectivity index (χ3n) is 4.48. The average Bonchev–Trinajstić information content (AvgIpc) is 2.69. The quantitative estimate of drug-likeness (QED) is 0.698. The van der Waals surface area contributed by atoms with Gasteiger partial charge in [-0.2, -0.15) is 0 Å². The summed E-state index contributed by atoms with van der Waals surface area (Å²) in [5.41, 5.74) is 1.61. The minimum atomic E-state index is -0.207. The van der Waals surface area contributed by atoms with Crippen LogP contribution >= 0.6 is 0 Å². The second-order valence-electron chi connectivity index (χ2n) is 6.55. The number of hydrogen-bond donors (Lipinski definition) is 1. The Morgan fingerprint density at radius 1 is 1.19 bits per heavy atom. The number of nitrogens with one attached hydrogen (secondary N) is 1. The molecule has 1 amide bonds. The second kappa shape index (κ2) is 8.49. The van der Waals surface area contributed by atoms with Crippen LogP contribution in [0, 0.1) is 0 Å². The Bertz CT molecular complexity index is 980. The monoisotopic (exact) mass is 365 g/mol. The highest BCUT2D eigenvalue weighted by atomic mass is 16.5. The molecule has 0 aliphatic heterocycles. The smallest absolute Gasteiger partial charge is 0.261 e. The summed E-state index contributed by atoms with van der Waals surface area (Å²) in [6.07, 6.45) is 3.08. The zero-order chi connectivity index (χ0) is 19.2. The van der Waals surface area contributed by atoms with E-state index in [4.69, 9.17) is 4.74 Å². The molecule has 27 heavy (non-hydrogen) atoms. The molecule has 6 nitrogen and oxygen atoms in total. The summed E-state index contributed by atoms with van der Waals surface area (Å²) in [4.78, 5) is 29.0. The van der Waals surface area contributed by atoms with Crippen molar-refractivity contribution in [3.05, 3.63) is 70.8 Å². The van der Waals surface area contributed by atoms with Crippen molar-refractivity contribution in [1.82, 2.24) is 14.9 Å². The molecular formula is C21H23N3O3. The Morgan fingerprint density at radius 3 is 2.67 bits per heavy atom. The lowest BCUT2D eigenvalue weighted by Gasteiger charge is -2.15. The van der Waals surface area contributed by atoms with Crippen LogP contribution in [0.5, 0.6) is 5.75 Å². The molecule has 2 aromatic carbocycles. The molecule has 0 saturated carbocycles. The van der Waals surface area contributed by atoms with Gasteiger partial charge in [-0.25, -0.2) is 4.98 Å². The van der Waals surface area contributed by atoms with Gasteiger partial charge < -0.3 is 10.1 Å². The first-order valence-corrected chi connectivity index (χ1v) is 8.93. The number of ether oxygens (including phenoxy) is 1. The zero-order valence-electron chi connectivity index (χ0n) is 15.5. The van der Waals surface area contributed by atoms with E-state index in [1.54, 1.807) is 25.3 Å².